The van der Waals surface area contributed by atoms with Crippen molar-refractivity contribution in [1.29, 1.82) is 0 Å². The first-order valence-electron chi connectivity index (χ1n) is 8.96. The molecule has 1 atom stereocenters. The third kappa shape index (κ3) is 5.27. The fourth-order valence-electron chi connectivity index (χ4n) is 3.76. The third-order valence-electron chi connectivity index (χ3n) is 5.07. The number of nitrogens with two attached hydrogens (primary N) is 1. The highest BCUT2D eigenvalue weighted by molar-refractivity contribution is 5.81. The van der Waals surface area contributed by atoms with Crippen LogP contribution in [0, 0.1) is 11.8 Å². The zero-order chi connectivity index (χ0) is 15.8. The van der Waals surface area contributed by atoms with Crippen LogP contribution in [0.5, 0.6) is 0 Å². The second kappa shape index (κ2) is 9.13. The maximum absolute atomic E-state index is 12.3. The van der Waals surface area contributed by atoms with Gasteiger partial charge in [0.05, 0.1) is 5.92 Å². The van der Waals surface area contributed by atoms with Crippen molar-refractivity contribution in [2.24, 2.45) is 17.6 Å². The molecule has 1 aliphatic carbocycles. The van der Waals surface area contributed by atoms with Crippen LogP contribution in [-0.2, 0) is 9.59 Å². The summed E-state index contributed by atoms with van der Waals surface area (Å²) >= 11 is 0. The van der Waals surface area contributed by atoms with E-state index < -0.39 is 0 Å². The standard InChI is InChI=1S/C17H31N3O2/c18-10-11-19-17(22)15-8-4-12-20(13-15)16(21)9-3-7-14-5-1-2-6-14/h14-15H,1-13,18H2,(H,19,22). The predicted octanol–water partition coefficient (Wildman–Crippen LogP) is 1.66. The SMILES string of the molecule is NCCNC(=O)C1CCCN(C(=O)CCCC2CCCC2)C1. The first-order chi connectivity index (χ1) is 10.7. The Labute approximate surface area is 134 Å². The highest BCUT2D eigenvalue weighted by Crippen LogP contribution is 2.29. The summed E-state index contributed by atoms with van der Waals surface area (Å²) in [6, 6.07) is 0. The van der Waals surface area contributed by atoms with E-state index in [1.54, 1.807) is 0 Å². The Morgan fingerprint density at radius 1 is 1.14 bits per heavy atom. The molecule has 2 fully saturated rings. The van der Waals surface area contributed by atoms with E-state index in [-0.39, 0.29) is 17.7 Å². The van der Waals surface area contributed by atoms with Gasteiger partial charge in [-0.2, -0.15) is 0 Å². The van der Waals surface area contributed by atoms with Crippen LogP contribution in [0.1, 0.15) is 57.8 Å². The van der Waals surface area contributed by atoms with Crippen molar-refractivity contribution in [2.75, 3.05) is 26.2 Å². The van der Waals surface area contributed by atoms with Crippen LogP contribution < -0.4 is 11.1 Å². The summed E-state index contributed by atoms with van der Waals surface area (Å²) in [6.45, 7) is 2.37. The van der Waals surface area contributed by atoms with Crippen molar-refractivity contribution in [3.63, 3.8) is 0 Å². The molecule has 1 heterocycles. The molecule has 1 aliphatic heterocycles. The number of nitrogens with zero attached hydrogens (tertiary/aromatic N) is 1. The van der Waals surface area contributed by atoms with Crippen LogP contribution >= 0.6 is 0 Å². The van der Waals surface area contributed by atoms with E-state index >= 15 is 0 Å². The minimum absolute atomic E-state index is 0.0499. The topological polar surface area (TPSA) is 75.4 Å². The second-order valence-electron chi connectivity index (χ2n) is 6.80. The monoisotopic (exact) mass is 309 g/mol. The van der Waals surface area contributed by atoms with Gasteiger partial charge in [0.1, 0.15) is 0 Å². The lowest BCUT2D eigenvalue weighted by Crippen LogP contribution is -2.46. The van der Waals surface area contributed by atoms with Crippen molar-refractivity contribution in [3.8, 4) is 0 Å². The van der Waals surface area contributed by atoms with Crippen LogP contribution in [0.4, 0.5) is 0 Å². The lowest BCUT2D eigenvalue weighted by atomic mass is 9.96. The minimum atomic E-state index is -0.0564. The Hall–Kier alpha value is -1.10. The highest BCUT2D eigenvalue weighted by atomic mass is 16.2. The van der Waals surface area contributed by atoms with E-state index in [0.717, 1.165) is 31.7 Å². The van der Waals surface area contributed by atoms with Crippen molar-refractivity contribution < 1.29 is 9.59 Å². The van der Waals surface area contributed by atoms with Gasteiger partial charge in [-0.15, -0.1) is 0 Å². The lowest BCUT2D eigenvalue weighted by molar-refractivity contribution is -0.135. The fraction of sp³-hybridized carbons (Fsp3) is 0.882. The minimum Gasteiger partial charge on any atom is -0.355 e. The number of likely N-dealkylation sites (tertiary alicyclic amines) is 1. The van der Waals surface area contributed by atoms with Crippen molar-refractivity contribution >= 4 is 11.8 Å². The van der Waals surface area contributed by atoms with E-state index in [1.807, 2.05) is 4.90 Å². The molecule has 0 spiro atoms. The Morgan fingerprint density at radius 3 is 2.64 bits per heavy atom. The van der Waals surface area contributed by atoms with Gasteiger partial charge < -0.3 is 16.0 Å². The van der Waals surface area contributed by atoms with Crippen LogP contribution in [0.25, 0.3) is 0 Å². The number of rotatable bonds is 7. The van der Waals surface area contributed by atoms with Crippen LogP contribution in [-0.4, -0.2) is 42.9 Å². The molecule has 3 N–H and O–H groups in total. The first-order valence-corrected chi connectivity index (χ1v) is 8.96. The Balaban J connectivity index is 1.68. The number of hydrogen-bond donors (Lipinski definition) is 2. The number of hydrogen-bond acceptors (Lipinski definition) is 3. The van der Waals surface area contributed by atoms with E-state index in [9.17, 15) is 9.59 Å². The molecule has 1 saturated heterocycles. The van der Waals surface area contributed by atoms with Gasteiger partial charge in [-0.3, -0.25) is 9.59 Å². The maximum Gasteiger partial charge on any atom is 0.224 e. The average Bonchev–Trinajstić information content (AvgIpc) is 3.06. The zero-order valence-electron chi connectivity index (χ0n) is 13.7. The number of amides is 2. The molecule has 2 rings (SSSR count). The second-order valence-corrected chi connectivity index (χ2v) is 6.80. The Morgan fingerprint density at radius 2 is 1.91 bits per heavy atom. The summed E-state index contributed by atoms with van der Waals surface area (Å²) in [6.07, 6.45) is 10.1. The van der Waals surface area contributed by atoms with E-state index in [0.29, 0.717) is 26.1 Å². The van der Waals surface area contributed by atoms with Gasteiger partial charge in [-0.25, -0.2) is 0 Å². The number of carbonyl (C=O) groups excluding carboxylic acids is 2. The summed E-state index contributed by atoms with van der Waals surface area (Å²) in [5.41, 5.74) is 5.41. The molecular formula is C17H31N3O2. The molecule has 126 valence electrons. The molecule has 1 saturated carbocycles. The zero-order valence-corrected chi connectivity index (χ0v) is 13.7. The van der Waals surface area contributed by atoms with Gasteiger partial charge in [0.15, 0.2) is 0 Å². The Bertz CT molecular complexity index is 367. The summed E-state index contributed by atoms with van der Waals surface area (Å²) < 4.78 is 0. The summed E-state index contributed by atoms with van der Waals surface area (Å²) in [5.74, 6) is 1.08. The maximum atomic E-state index is 12.3. The van der Waals surface area contributed by atoms with Gasteiger partial charge >= 0.3 is 0 Å². The average molecular weight is 309 g/mol. The molecule has 2 amide bonds. The molecule has 0 aromatic heterocycles. The fourth-order valence-corrected chi connectivity index (χ4v) is 3.76. The molecule has 0 aromatic carbocycles. The molecule has 2 aliphatic rings. The smallest absolute Gasteiger partial charge is 0.224 e. The summed E-state index contributed by atoms with van der Waals surface area (Å²) in [7, 11) is 0. The van der Waals surface area contributed by atoms with Crippen LogP contribution in [0.3, 0.4) is 0 Å². The lowest BCUT2D eigenvalue weighted by Gasteiger charge is -2.32. The first kappa shape index (κ1) is 17.3. The largest absolute Gasteiger partial charge is 0.355 e. The van der Waals surface area contributed by atoms with E-state index in [2.05, 4.69) is 5.32 Å². The molecule has 0 bridgehead atoms. The molecular weight excluding hydrogens is 278 g/mol. The van der Waals surface area contributed by atoms with Gasteiger partial charge in [0.25, 0.3) is 0 Å². The molecule has 5 heteroatoms. The van der Waals surface area contributed by atoms with Crippen molar-refractivity contribution in [1.82, 2.24) is 10.2 Å². The van der Waals surface area contributed by atoms with Gasteiger partial charge in [0.2, 0.25) is 11.8 Å². The molecule has 5 nitrogen and oxygen atoms in total. The molecule has 0 aromatic rings. The van der Waals surface area contributed by atoms with Crippen molar-refractivity contribution in [3.05, 3.63) is 0 Å². The van der Waals surface area contributed by atoms with Crippen LogP contribution in [0.2, 0.25) is 0 Å². The predicted molar refractivity (Wildman–Crippen MR) is 87.2 cm³/mol. The summed E-state index contributed by atoms with van der Waals surface area (Å²) in [5, 5.41) is 2.84. The van der Waals surface area contributed by atoms with E-state index in [4.69, 9.17) is 5.73 Å². The number of carbonyl (C=O) groups is 2. The molecule has 1 unspecified atom stereocenters. The third-order valence-corrected chi connectivity index (χ3v) is 5.07. The van der Waals surface area contributed by atoms with Crippen molar-refractivity contribution in [2.45, 2.75) is 57.8 Å². The Kier molecular flexibility index (Phi) is 7.16. The quantitative estimate of drug-likeness (QED) is 0.751. The summed E-state index contributed by atoms with van der Waals surface area (Å²) in [4.78, 5) is 26.2. The van der Waals surface area contributed by atoms with Gasteiger partial charge in [0, 0.05) is 32.6 Å². The van der Waals surface area contributed by atoms with Gasteiger partial charge in [-0.05, 0) is 31.6 Å². The molecule has 0 radical (unpaired) electrons. The van der Waals surface area contributed by atoms with Crippen LogP contribution in [0.15, 0.2) is 0 Å². The van der Waals surface area contributed by atoms with E-state index in [1.165, 1.54) is 32.1 Å². The normalized spacial score (nSPS) is 22.8. The van der Waals surface area contributed by atoms with Gasteiger partial charge in [-0.1, -0.05) is 25.7 Å². The highest BCUT2D eigenvalue weighted by Gasteiger charge is 2.28. The number of nitrogens with one attached hydrogen (secondary N) is 1. The molecule has 22 heavy (non-hydrogen) atoms. The number of piperidine rings is 1.